The molecule has 118 valence electrons. The molecular weight excluding hydrogens is 328 g/mol. The number of H-pyrrole nitrogens is 1. The second-order valence-electron chi connectivity index (χ2n) is 4.74. The van der Waals surface area contributed by atoms with Gasteiger partial charge in [0.1, 0.15) is 11.3 Å². The van der Waals surface area contributed by atoms with Gasteiger partial charge < -0.3 is 10.1 Å². The maximum Gasteiger partial charge on any atom is 0.266 e. The number of halogens is 2. The predicted octanol–water partition coefficient (Wildman–Crippen LogP) is 2.53. The highest BCUT2D eigenvalue weighted by molar-refractivity contribution is 7.13. The number of anilines is 1. The summed E-state index contributed by atoms with van der Waals surface area (Å²) in [6.07, 6.45) is 0. The zero-order valence-corrected chi connectivity index (χ0v) is 12.4. The molecule has 3 N–H and O–H groups in total. The Kier molecular flexibility index (Phi) is 3.57. The lowest BCUT2D eigenvalue weighted by Gasteiger charge is -2.07. The number of nitrogens with zero attached hydrogens (tertiary/aromatic N) is 1. The van der Waals surface area contributed by atoms with E-state index in [1.165, 1.54) is 0 Å². The van der Waals surface area contributed by atoms with Crippen LogP contribution in [0.1, 0.15) is 16.1 Å². The monoisotopic (exact) mass is 337 g/mol. The lowest BCUT2D eigenvalue weighted by Crippen LogP contribution is -2.23. The van der Waals surface area contributed by atoms with Gasteiger partial charge in [-0.25, -0.2) is 13.8 Å². The topological polar surface area (TPSA) is 95.1 Å². The third-order valence-corrected chi connectivity index (χ3v) is 3.97. The molecular formula is C14H9F2N3O3S. The molecule has 1 amide bonds. The number of hydrogen-bond acceptors (Lipinski definition) is 5. The van der Waals surface area contributed by atoms with E-state index in [0.717, 1.165) is 17.4 Å². The molecule has 0 saturated heterocycles. The van der Waals surface area contributed by atoms with E-state index in [0.29, 0.717) is 11.8 Å². The van der Waals surface area contributed by atoms with Gasteiger partial charge in [0.15, 0.2) is 16.8 Å². The summed E-state index contributed by atoms with van der Waals surface area (Å²) in [6.45, 7) is 1.73. The summed E-state index contributed by atoms with van der Waals surface area (Å²) >= 11 is 1.15. The van der Waals surface area contributed by atoms with E-state index in [1.54, 1.807) is 12.3 Å². The van der Waals surface area contributed by atoms with E-state index in [2.05, 4.69) is 15.3 Å². The smallest absolute Gasteiger partial charge is 0.266 e. The standard InChI is InChI=1S/C14H9F2N3O3S/c1-5-4-23-14(17-5)19-13(22)10-11(20)6-2-7(15)8(16)3-9(6)18-12(10)21/h2-4H,1H3,(H,17,19,22)(H2,18,20,21). The predicted molar refractivity (Wildman–Crippen MR) is 81.0 cm³/mol. The number of hydrogen-bond donors (Lipinski definition) is 3. The number of rotatable bonds is 2. The molecule has 9 heteroatoms. The Labute approximate surface area is 131 Å². The van der Waals surface area contributed by atoms with Crippen molar-refractivity contribution in [3.8, 4) is 5.75 Å². The van der Waals surface area contributed by atoms with Crippen LogP contribution in [0, 0.1) is 18.6 Å². The molecule has 3 rings (SSSR count). The molecule has 3 aromatic rings. The first-order chi connectivity index (χ1) is 10.9. The second kappa shape index (κ2) is 5.43. The number of nitrogens with one attached hydrogen (secondary N) is 2. The Hall–Kier alpha value is -2.81. The summed E-state index contributed by atoms with van der Waals surface area (Å²) in [6, 6.07) is 1.44. The number of amides is 1. The van der Waals surface area contributed by atoms with Crippen molar-refractivity contribution in [2.45, 2.75) is 6.92 Å². The molecule has 23 heavy (non-hydrogen) atoms. The van der Waals surface area contributed by atoms with E-state index in [4.69, 9.17) is 0 Å². The van der Waals surface area contributed by atoms with Gasteiger partial charge in [-0.3, -0.25) is 14.9 Å². The van der Waals surface area contributed by atoms with Gasteiger partial charge in [-0.2, -0.15) is 0 Å². The average molecular weight is 337 g/mol. The van der Waals surface area contributed by atoms with E-state index in [-0.39, 0.29) is 16.0 Å². The Morgan fingerprint density at radius 2 is 2.04 bits per heavy atom. The molecule has 0 radical (unpaired) electrons. The Bertz CT molecular complexity index is 997. The van der Waals surface area contributed by atoms with Crippen molar-refractivity contribution in [3.05, 3.63) is 50.8 Å². The molecule has 0 aliphatic heterocycles. The summed E-state index contributed by atoms with van der Waals surface area (Å²) in [5.41, 5.74) is -0.962. The lowest BCUT2D eigenvalue weighted by atomic mass is 10.1. The fourth-order valence-corrected chi connectivity index (χ4v) is 2.74. The molecule has 1 aromatic carbocycles. The Morgan fingerprint density at radius 3 is 2.70 bits per heavy atom. The van der Waals surface area contributed by atoms with Gasteiger partial charge in [0.2, 0.25) is 0 Å². The number of carbonyl (C=O) groups is 1. The Balaban J connectivity index is 2.11. The highest BCUT2D eigenvalue weighted by atomic mass is 32.1. The van der Waals surface area contributed by atoms with Crippen LogP contribution in [0.2, 0.25) is 0 Å². The van der Waals surface area contributed by atoms with Gasteiger partial charge in [0.05, 0.1) is 11.2 Å². The van der Waals surface area contributed by atoms with Crippen LogP contribution in [-0.4, -0.2) is 21.0 Å². The van der Waals surface area contributed by atoms with Crippen molar-refractivity contribution in [2.75, 3.05) is 5.32 Å². The third-order valence-electron chi connectivity index (χ3n) is 3.09. The largest absolute Gasteiger partial charge is 0.506 e. The first-order valence-corrected chi connectivity index (χ1v) is 7.22. The number of benzene rings is 1. The summed E-state index contributed by atoms with van der Waals surface area (Å²) in [5.74, 6) is -4.01. The summed E-state index contributed by atoms with van der Waals surface area (Å²) < 4.78 is 26.5. The van der Waals surface area contributed by atoms with Gasteiger partial charge in [-0.1, -0.05) is 0 Å². The first-order valence-electron chi connectivity index (χ1n) is 6.34. The minimum Gasteiger partial charge on any atom is -0.506 e. The third kappa shape index (κ3) is 2.66. The van der Waals surface area contributed by atoms with Crippen LogP contribution in [0.5, 0.6) is 5.75 Å². The molecule has 0 aliphatic carbocycles. The van der Waals surface area contributed by atoms with E-state index >= 15 is 0 Å². The number of pyridine rings is 1. The summed E-state index contributed by atoms with van der Waals surface area (Å²) in [7, 11) is 0. The van der Waals surface area contributed by atoms with E-state index in [9.17, 15) is 23.5 Å². The molecule has 0 aliphatic rings. The minimum absolute atomic E-state index is 0.118. The van der Waals surface area contributed by atoms with Crippen molar-refractivity contribution < 1.29 is 18.7 Å². The minimum atomic E-state index is -1.21. The molecule has 2 heterocycles. The van der Waals surface area contributed by atoms with Crippen LogP contribution in [0.4, 0.5) is 13.9 Å². The van der Waals surface area contributed by atoms with Crippen LogP contribution in [0.25, 0.3) is 10.9 Å². The van der Waals surface area contributed by atoms with Gasteiger partial charge in [-0.15, -0.1) is 11.3 Å². The molecule has 0 spiro atoms. The molecule has 6 nitrogen and oxygen atoms in total. The number of aromatic amines is 1. The fourth-order valence-electron chi connectivity index (χ4n) is 2.05. The summed E-state index contributed by atoms with van der Waals surface area (Å²) in [5, 5.41) is 14.2. The molecule has 0 saturated carbocycles. The van der Waals surface area contributed by atoms with Gasteiger partial charge in [0.25, 0.3) is 11.5 Å². The fraction of sp³-hybridized carbons (Fsp3) is 0.0714. The molecule has 2 aromatic heterocycles. The number of thiazole rings is 1. The zero-order chi connectivity index (χ0) is 16.7. The van der Waals surface area contributed by atoms with Gasteiger partial charge in [0, 0.05) is 16.8 Å². The van der Waals surface area contributed by atoms with E-state index in [1.807, 2.05) is 0 Å². The van der Waals surface area contributed by atoms with Crippen LogP contribution in [-0.2, 0) is 0 Å². The highest BCUT2D eigenvalue weighted by Crippen LogP contribution is 2.27. The van der Waals surface area contributed by atoms with Crippen LogP contribution >= 0.6 is 11.3 Å². The quantitative estimate of drug-likeness (QED) is 0.670. The first kappa shape index (κ1) is 15.1. The zero-order valence-electron chi connectivity index (χ0n) is 11.6. The lowest BCUT2D eigenvalue weighted by molar-refractivity contribution is 0.102. The average Bonchev–Trinajstić information content (AvgIpc) is 2.86. The van der Waals surface area contributed by atoms with Crippen molar-refractivity contribution in [1.29, 1.82) is 0 Å². The van der Waals surface area contributed by atoms with Crippen LogP contribution in [0.3, 0.4) is 0 Å². The number of aromatic nitrogens is 2. The van der Waals surface area contributed by atoms with Crippen molar-refractivity contribution in [3.63, 3.8) is 0 Å². The van der Waals surface area contributed by atoms with Crippen molar-refractivity contribution in [1.82, 2.24) is 9.97 Å². The number of carbonyl (C=O) groups excluding carboxylic acids is 1. The second-order valence-corrected chi connectivity index (χ2v) is 5.60. The maximum atomic E-state index is 13.3. The Morgan fingerprint density at radius 1 is 1.35 bits per heavy atom. The molecule has 0 atom stereocenters. The highest BCUT2D eigenvalue weighted by Gasteiger charge is 2.21. The number of aromatic hydroxyl groups is 1. The van der Waals surface area contributed by atoms with E-state index < -0.39 is 34.4 Å². The normalized spacial score (nSPS) is 10.9. The molecule has 0 bridgehead atoms. The molecule has 0 fully saturated rings. The van der Waals surface area contributed by atoms with Crippen LogP contribution < -0.4 is 10.9 Å². The maximum absolute atomic E-state index is 13.3. The van der Waals surface area contributed by atoms with Crippen molar-refractivity contribution in [2.24, 2.45) is 0 Å². The summed E-state index contributed by atoms with van der Waals surface area (Å²) in [4.78, 5) is 30.4. The van der Waals surface area contributed by atoms with Crippen molar-refractivity contribution >= 4 is 33.3 Å². The van der Waals surface area contributed by atoms with Crippen LogP contribution in [0.15, 0.2) is 22.3 Å². The number of fused-ring (bicyclic) bond motifs is 1. The molecule has 0 unspecified atom stereocenters. The van der Waals surface area contributed by atoms with Gasteiger partial charge >= 0.3 is 0 Å². The van der Waals surface area contributed by atoms with Gasteiger partial charge in [-0.05, 0) is 13.0 Å². The SMILES string of the molecule is Cc1csc(NC(=O)c2c(O)c3cc(F)c(F)cc3[nH]c2=O)n1. The number of aryl methyl sites for hydroxylation is 1.